The van der Waals surface area contributed by atoms with Gasteiger partial charge >= 0.3 is 0 Å². The van der Waals surface area contributed by atoms with Crippen molar-refractivity contribution in [1.82, 2.24) is 20.2 Å². The number of hydrogen-bond acceptors (Lipinski definition) is 5. The Morgan fingerprint density at radius 2 is 1.89 bits per heavy atom. The first kappa shape index (κ1) is 17.2. The van der Waals surface area contributed by atoms with Gasteiger partial charge in [-0.1, -0.05) is 52.6 Å². The number of rotatable bonds is 3. The van der Waals surface area contributed by atoms with Crippen LogP contribution in [0.15, 0.2) is 59.8 Å². The van der Waals surface area contributed by atoms with Gasteiger partial charge in [-0.3, -0.25) is 4.79 Å². The fourth-order valence-corrected chi connectivity index (χ4v) is 3.37. The SMILES string of the molecule is CC1=C(C(=O)Nc2ccc(C)cc2)[C@H](c2ccccc2Cl)n2nnnc2N1. The number of carbonyl (C=O) groups excluding carboxylic acids is 1. The monoisotopic (exact) mass is 380 g/mol. The van der Waals surface area contributed by atoms with Crippen molar-refractivity contribution in [2.45, 2.75) is 19.9 Å². The maximum Gasteiger partial charge on any atom is 0.255 e. The minimum absolute atomic E-state index is 0.241. The van der Waals surface area contributed by atoms with Crippen molar-refractivity contribution in [3.05, 3.63) is 76.0 Å². The van der Waals surface area contributed by atoms with Gasteiger partial charge in [0, 0.05) is 22.0 Å². The summed E-state index contributed by atoms with van der Waals surface area (Å²) in [6.07, 6.45) is 0. The molecule has 2 N–H and O–H groups in total. The lowest BCUT2D eigenvalue weighted by atomic mass is 9.95. The molecule has 0 radical (unpaired) electrons. The third-order valence-corrected chi connectivity index (χ3v) is 4.81. The van der Waals surface area contributed by atoms with E-state index in [9.17, 15) is 4.79 Å². The van der Waals surface area contributed by atoms with Gasteiger partial charge in [0.1, 0.15) is 6.04 Å². The Kier molecular flexibility index (Phi) is 4.37. The average Bonchev–Trinajstić information content (AvgIpc) is 3.11. The number of anilines is 2. The van der Waals surface area contributed by atoms with Crippen LogP contribution in [0.5, 0.6) is 0 Å². The maximum absolute atomic E-state index is 13.2. The van der Waals surface area contributed by atoms with Gasteiger partial charge in [-0.15, -0.1) is 0 Å². The standard InChI is InChI=1S/C19H17ClN6O/c1-11-7-9-13(10-8-11)22-18(27)16-12(2)21-19-23-24-25-26(19)17(16)14-5-3-4-6-15(14)20/h3-10,17H,1-2H3,(H,22,27)(H,21,23,25)/t17-/m0/s1. The first-order valence-corrected chi connectivity index (χ1v) is 8.80. The van der Waals surface area contributed by atoms with Crippen LogP contribution >= 0.6 is 11.6 Å². The molecule has 0 saturated carbocycles. The number of nitrogens with one attached hydrogen (secondary N) is 2. The number of aryl methyl sites for hydroxylation is 1. The Bertz CT molecular complexity index is 1040. The predicted octanol–water partition coefficient (Wildman–Crippen LogP) is 3.56. The van der Waals surface area contributed by atoms with Gasteiger partial charge in [-0.25, -0.2) is 0 Å². The molecular weight excluding hydrogens is 364 g/mol. The molecule has 27 heavy (non-hydrogen) atoms. The quantitative estimate of drug-likeness (QED) is 0.725. The molecule has 0 aliphatic carbocycles. The molecule has 0 saturated heterocycles. The van der Waals surface area contributed by atoms with Gasteiger partial charge < -0.3 is 10.6 Å². The van der Waals surface area contributed by atoms with Gasteiger partial charge in [0.15, 0.2) is 0 Å². The van der Waals surface area contributed by atoms with Crippen LogP contribution in [-0.2, 0) is 4.79 Å². The molecule has 2 aromatic carbocycles. The van der Waals surface area contributed by atoms with Gasteiger partial charge in [0.25, 0.3) is 5.91 Å². The number of hydrogen-bond donors (Lipinski definition) is 2. The second kappa shape index (κ2) is 6.85. The number of carbonyl (C=O) groups is 1. The highest BCUT2D eigenvalue weighted by Crippen LogP contribution is 2.37. The lowest BCUT2D eigenvalue weighted by molar-refractivity contribution is -0.113. The molecule has 7 nitrogen and oxygen atoms in total. The molecule has 0 bridgehead atoms. The number of fused-ring (bicyclic) bond motifs is 1. The number of aromatic nitrogens is 4. The first-order chi connectivity index (χ1) is 13.0. The fourth-order valence-electron chi connectivity index (χ4n) is 3.13. The van der Waals surface area contributed by atoms with E-state index >= 15 is 0 Å². The number of halogens is 1. The van der Waals surface area contributed by atoms with E-state index < -0.39 is 6.04 Å². The summed E-state index contributed by atoms with van der Waals surface area (Å²) < 4.78 is 1.57. The summed E-state index contributed by atoms with van der Waals surface area (Å²) in [4.78, 5) is 13.2. The van der Waals surface area contributed by atoms with E-state index in [4.69, 9.17) is 11.6 Å². The molecule has 1 aliphatic heterocycles. The molecule has 1 atom stereocenters. The van der Waals surface area contributed by atoms with Crippen LogP contribution < -0.4 is 10.6 Å². The van der Waals surface area contributed by atoms with Crippen molar-refractivity contribution in [3.63, 3.8) is 0 Å². The van der Waals surface area contributed by atoms with E-state index in [0.717, 1.165) is 11.1 Å². The second-order valence-corrected chi connectivity index (χ2v) is 6.76. The topological polar surface area (TPSA) is 84.7 Å². The van der Waals surface area contributed by atoms with Crippen LogP contribution in [0.25, 0.3) is 0 Å². The molecule has 1 aromatic heterocycles. The number of nitrogens with zero attached hydrogens (tertiary/aromatic N) is 4. The lowest BCUT2D eigenvalue weighted by Crippen LogP contribution is -2.31. The maximum atomic E-state index is 13.2. The zero-order chi connectivity index (χ0) is 19.0. The Morgan fingerprint density at radius 1 is 1.15 bits per heavy atom. The number of benzene rings is 2. The van der Waals surface area contributed by atoms with Crippen LogP contribution in [0, 0.1) is 6.92 Å². The fraction of sp³-hybridized carbons (Fsp3) is 0.158. The van der Waals surface area contributed by atoms with Gasteiger partial charge in [-0.05, 0) is 42.5 Å². The summed E-state index contributed by atoms with van der Waals surface area (Å²) >= 11 is 6.43. The molecule has 2 heterocycles. The van der Waals surface area contributed by atoms with E-state index in [2.05, 4.69) is 26.2 Å². The molecule has 0 fully saturated rings. The van der Waals surface area contributed by atoms with Crippen molar-refractivity contribution in [2.24, 2.45) is 0 Å². The molecule has 0 unspecified atom stereocenters. The van der Waals surface area contributed by atoms with Crippen molar-refractivity contribution in [1.29, 1.82) is 0 Å². The zero-order valence-corrected chi connectivity index (χ0v) is 15.5. The third kappa shape index (κ3) is 3.17. The lowest BCUT2D eigenvalue weighted by Gasteiger charge is -2.28. The van der Waals surface area contributed by atoms with E-state index in [0.29, 0.717) is 27.9 Å². The van der Waals surface area contributed by atoms with E-state index in [1.807, 2.05) is 56.3 Å². The minimum atomic E-state index is -0.532. The Labute approximate surface area is 161 Å². The summed E-state index contributed by atoms with van der Waals surface area (Å²) in [5, 5.41) is 18.4. The third-order valence-electron chi connectivity index (χ3n) is 4.47. The average molecular weight is 381 g/mol. The van der Waals surface area contributed by atoms with Gasteiger partial charge in [-0.2, -0.15) is 4.68 Å². The number of amides is 1. The molecule has 8 heteroatoms. The Morgan fingerprint density at radius 3 is 2.63 bits per heavy atom. The Hall–Kier alpha value is -3.19. The number of tetrazole rings is 1. The first-order valence-electron chi connectivity index (χ1n) is 8.42. The summed E-state index contributed by atoms with van der Waals surface area (Å²) in [5.74, 6) is 0.222. The highest BCUT2D eigenvalue weighted by atomic mass is 35.5. The van der Waals surface area contributed by atoms with Crippen molar-refractivity contribution in [2.75, 3.05) is 10.6 Å². The predicted molar refractivity (Wildman–Crippen MR) is 104 cm³/mol. The van der Waals surface area contributed by atoms with Crippen LogP contribution in [0.4, 0.5) is 11.6 Å². The molecule has 136 valence electrons. The largest absolute Gasteiger partial charge is 0.326 e. The van der Waals surface area contributed by atoms with Crippen LogP contribution in [0.3, 0.4) is 0 Å². The van der Waals surface area contributed by atoms with Gasteiger partial charge in [0.05, 0.1) is 5.57 Å². The zero-order valence-electron chi connectivity index (χ0n) is 14.8. The van der Waals surface area contributed by atoms with E-state index in [1.54, 1.807) is 10.7 Å². The van der Waals surface area contributed by atoms with Crippen LogP contribution in [0.2, 0.25) is 5.02 Å². The smallest absolute Gasteiger partial charge is 0.255 e. The normalized spacial score (nSPS) is 15.9. The summed E-state index contributed by atoms with van der Waals surface area (Å²) in [5.41, 5.74) is 3.76. The van der Waals surface area contributed by atoms with Crippen LogP contribution in [-0.4, -0.2) is 26.1 Å². The summed E-state index contributed by atoms with van der Waals surface area (Å²) in [6.45, 7) is 3.82. The van der Waals surface area contributed by atoms with Crippen molar-refractivity contribution < 1.29 is 4.79 Å². The molecule has 1 amide bonds. The minimum Gasteiger partial charge on any atom is -0.326 e. The second-order valence-electron chi connectivity index (χ2n) is 6.35. The summed E-state index contributed by atoms with van der Waals surface area (Å²) in [6, 6.07) is 14.5. The van der Waals surface area contributed by atoms with Crippen molar-refractivity contribution in [3.8, 4) is 0 Å². The van der Waals surface area contributed by atoms with E-state index in [1.165, 1.54) is 0 Å². The molecule has 4 rings (SSSR count). The molecule has 1 aliphatic rings. The Balaban J connectivity index is 1.77. The van der Waals surface area contributed by atoms with E-state index in [-0.39, 0.29) is 5.91 Å². The molecule has 3 aromatic rings. The van der Waals surface area contributed by atoms with Crippen LogP contribution in [0.1, 0.15) is 24.1 Å². The highest BCUT2D eigenvalue weighted by Gasteiger charge is 2.35. The summed E-state index contributed by atoms with van der Waals surface area (Å²) in [7, 11) is 0. The number of allylic oxidation sites excluding steroid dienone is 1. The molecular formula is C19H17ClN6O. The highest BCUT2D eigenvalue weighted by molar-refractivity contribution is 6.31. The van der Waals surface area contributed by atoms with Crippen molar-refractivity contribution >= 4 is 29.1 Å². The van der Waals surface area contributed by atoms with Gasteiger partial charge in [0.2, 0.25) is 5.95 Å². The molecule has 0 spiro atoms.